The average molecular weight is 287 g/mol. The maximum absolute atomic E-state index is 10.1. The highest BCUT2D eigenvalue weighted by atomic mass is 35.5. The molecule has 0 radical (unpaired) electrons. The van der Waals surface area contributed by atoms with E-state index in [4.69, 9.17) is 21.4 Å². The molecule has 0 saturated carbocycles. The SMILES string of the molecule is CC(C)(O)C(C)(C)OB(O)c1ccc(CO)cc1Cl. The zero-order valence-electron chi connectivity index (χ0n) is 11.6. The van der Waals surface area contributed by atoms with Gasteiger partial charge < -0.3 is 19.9 Å². The Morgan fingerprint density at radius 1 is 1.26 bits per heavy atom. The van der Waals surface area contributed by atoms with Crippen molar-refractivity contribution < 1.29 is 19.9 Å². The molecule has 106 valence electrons. The van der Waals surface area contributed by atoms with Crippen LogP contribution in [-0.2, 0) is 11.3 Å². The molecule has 1 aromatic rings. The van der Waals surface area contributed by atoms with E-state index >= 15 is 0 Å². The Bertz CT molecular complexity index is 443. The summed E-state index contributed by atoms with van der Waals surface area (Å²) in [4.78, 5) is 0. The summed E-state index contributed by atoms with van der Waals surface area (Å²) in [6, 6.07) is 4.82. The number of aliphatic hydroxyl groups is 2. The third-order valence-corrected chi connectivity index (χ3v) is 3.72. The van der Waals surface area contributed by atoms with Gasteiger partial charge in [-0.25, -0.2) is 0 Å². The molecule has 6 heteroatoms. The van der Waals surface area contributed by atoms with E-state index in [0.29, 0.717) is 16.0 Å². The molecule has 0 atom stereocenters. The molecule has 0 fully saturated rings. The van der Waals surface area contributed by atoms with Crippen LogP contribution in [0.1, 0.15) is 33.3 Å². The van der Waals surface area contributed by atoms with Crippen LogP contribution in [0, 0.1) is 0 Å². The lowest BCUT2D eigenvalue weighted by Gasteiger charge is -2.38. The summed E-state index contributed by atoms with van der Waals surface area (Å²) >= 11 is 6.03. The number of aliphatic hydroxyl groups excluding tert-OH is 1. The van der Waals surface area contributed by atoms with Gasteiger partial charge in [-0.3, -0.25) is 0 Å². The van der Waals surface area contributed by atoms with Crippen molar-refractivity contribution in [2.75, 3.05) is 0 Å². The van der Waals surface area contributed by atoms with Crippen LogP contribution in [0.2, 0.25) is 5.02 Å². The van der Waals surface area contributed by atoms with Crippen LogP contribution < -0.4 is 5.46 Å². The molecular formula is C13H20BClO4. The molecule has 19 heavy (non-hydrogen) atoms. The number of halogens is 1. The highest BCUT2D eigenvalue weighted by molar-refractivity contribution is 6.64. The summed E-state index contributed by atoms with van der Waals surface area (Å²) in [5.41, 5.74) is -1.02. The molecule has 1 aromatic carbocycles. The third kappa shape index (κ3) is 3.94. The normalized spacial score (nSPS) is 12.6. The van der Waals surface area contributed by atoms with Crippen molar-refractivity contribution in [1.29, 1.82) is 0 Å². The van der Waals surface area contributed by atoms with E-state index in [1.807, 2.05) is 0 Å². The van der Waals surface area contributed by atoms with E-state index in [0.717, 1.165) is 0 Å². The second kappa shape index (κ2) is 5.81. The maximum Gasteiger partial charge on any atom is 0.493 e. The third-order valence-electron chi connectivity index (χ3n) is 3.39. The summed E-state index contributed by atoms with van der Waals surface area (Å²) in [5, 5.41) is 29.4. The summed E-state index contributed by atoms with van der Waals surface area (Å²) in [5.74, 6) is 0. The van der Waals surface area contributed by atoms with Crippen molar-refractivity contribution in [1.82, 2.24) is 0 Å². The predicted octanol–water partition coefficient (Wildman–Crippen LogP) is 1.09. The minimum absolute atomic E-state index is 0.119. The van der Waals surface area contributed by atoms with Crippen LogP contribution in [0.15, 0.2) is 18.2 Å². The Hall–Kier alpha value is -0.585. The molecule has 0 heterocycles. The fourth-order valence-electron chi connectivity index (χ4n) is 1.36. The Labute approximate surface area is 119 Å². The van der Waals surface area contributed by atoms with Gasteiger partial charge in [0, 0.05) is 10.5 Å². The van der Waals surface area contributed by atoms with Gasteiger partial charge in [-0.15, -0.1) is 0 Å². The van der Waals surface area contributed by atoms with Gasteiger partial charge in [0.2, 0.25) is 0 Å². The molecule has 0 saturated heterocycles. The van der Waals surface area contributed by atoms with Crippen molar-refractivity contribution in [3.05, 3.63) is 28.8 Å². The smallest absolute Gasteiger partial charge is 0.423 e. The van der Waals surface area contributed by atoms with E-state index in [1.165, 1.54) is 0 Å². The van der Waals surface area contributed by atoms with Crippen LogP contribution in [0.25, 0.3) is 0 Å². The monoisotopic (exact) mass is 286 g/mol. The number of benzene rings is 1. The predicted molar refractivity (Wildman–Crippen MR) is 76.4 cm³/mol. The van der Waals surface area contributed by atoms with Crippen LogP contribution in [0.5, 0.6) is 0 Å². The molecule has 3 N–H and O–H groups in total. The van der Waals surface area contributed by atoms with Gasteiger partial charge >= 0.3 is 7.12 Å². The first-order valence-corrected chi connectivity index (χ1v) is 6.44. The molecule has 1 rings (SSSR count). The van der Waals surface area contributed by atoms with Crippen LogP contribution in [-0.4, -0.2) is 33.6 Å². The second-order valence-corrected chi connectivity index (χ2v) is 5.96. The van der Waals surface area contributed by atoms with Crippen LogP contribution in [0.3, 0.4) is 0 Å². The molecule has 0 aliphatic carbocycles. The van der Waals surface area contributed by atoms with Crippen LogP contribution in [0.4, 0.5) is 0 Å². The van der Waals surface area contributed by atoms with Crippen molar-refractivity contribution in [3.63, 3.8) is 0 Å². The lowest BCUT2D eigenvalue weighted by molar-refractivity contribution is -0.0982. The first-order valence-electron chi connectivity index (χ1n) is 6.06. The lowest BCUT2D eigenvalue weighted by Crippen LogP contribution is -2.53. The second-order valence-electron chi connectivity index (χ2n) is 5.55. The molecule has 0 amide bonds. The van der Waals surface area contributed by atoms with E-state index in [2.05, 4.69) is 0 Å². The maximum atomic E-state index is 10.1. The quantitative estimate of drug-likeness (QED) is 0.709. The Morgan fingerprint density at radius 3 is 2.26 bits per heavy atom. The van der Waals surface area contributed by atoms with Crippen molar-refractivity contribution in [2.24, 2.45) is 0 Å². The summed E-state index contributed by atoms with van der Waals surface area (Å²) in [6.07, 6.45) is 0. The van der Waals surface area contributed by atoms with Gasteiger partial charge in [0.15, 0.2) is 0 Å². The number of hydrogen-bond donors (Lipinski definition) is 3. The first-order chi connectivity index (χ1) is 8.58. The number of hydrogen-bond acceptors (Lipinski definition) is 4. The van der Waals surface area contributed by atoms with Gasteiger partial charge in [-0.2, -0.15) is 0 Å². The molecular weight excluding hydrogens is 266 g/mol. The lowest BCUT2D eigenvalue weighted by atomic mass is 9.76. The van der Waals surface area contributed by atoms with Gasteiger partial charge in [0.05, 0.1) is 17.8 Å². The largest absolute Gasteiger partial charge is 0.493 e. The van der Waals surface area contributed by atoms with Gasteiger partial charge in [0.1, 0.15) is 0 Å². The fraction of sp³-hybridized carbons (Fsp3) is 0.538. The van der Waals surface area contributed by atoms with Crippen molar-refractivity contribution >= 4 is 24.2 Å². The summed E-state index contributed by atoms with van der Waals surface area (Å²) in [6.45, 7) is 6.47. The fourth-order valence-corrected chi connectivity index (χ4v) is 1.65. The molecule has 0 aliphatic rings. The van der Waals surface area contributed by atoms with E-state index < -0.39 is 18.3 Å². The van der Waals surface area contributed by atoms with E-state index in [9.17, 15) is 10.1 Å². The molecule has 0 aromatic heterocycles. The Kier molecular flexibility index (Phi) is 5.04. The zero-order valence-corrected chi connectivity index (χ0v) is 12.4. The topological polar surface area (TPSA) is 69.9 Å². The van der Waals surface area contributed by atoms with Gasteiger partial charge in [-0.05, 0) is 39.3 Å². The Balaban J connectivity index is 2.93. The minimum atomic E-state index is -1.25. The molecule has 4 nitrogen and oxygen atoms in total. The summed E-state index contributed by atoms with van der Waals surface area (Å²) in [7, 11) is -1.25. The summed E-state index contributed by atoms with van der Waals surface area (Å²) < 4.78 is 5.50. The average Bonchev–Trinajstić information content (AvgIpc) is 2.26. The molecule has 0 aliphatic heterocycles. The zero-order chi connectivity index (χ0) is 14.8. The highest BCUT2D eigenvalue weighted by Gasteiger charge is 2.39. The minimum Gasteiger partial charge on any atom is -0.423 e. The van der Waals surface area contributed by atoms with Gasteiger partial charge in [0.25, 0.3) is 0 Å². The molecule has 0 bridgehead atoms. The number of rotatable bonds is 5. The molecule has 0 spiro atoms. The molecule has 0 unspecified atom stereocenters. The van der Waals surface area contributed by atoms with E-state index in [-0.39, 0.29) is 6.61 Å². The van der Waals surface area contributed by atoms with Crippen LogP contribution >= 0.6 is 11.6 Å². The van der Waals surface area contributed by atoms with Crippen molar-refractivity contribution in [2.45, 2.75) is 45.5 Å². The van der Waals surface area contributed by atoms with E-state index in [1.54, 1.807) is 45.9 Å². The standard InChI is InChI=1S/C13H20BClO4/c1-12(2,17)13(3,4)19-14(18)10-6-5-9(8-16)7-11(10)15/h5-7,16-18H,8H2,1-4H3. The van der Waals surface area contributed by atoms with Crippen molar-refractivity contribution in [3.8, 4) is 0 Å². The highest BCUT2D eigenvalue weighted by Crippen LogP contribution is 2.25. The Morgan fingerprint density at radius 2 is 1.84 bits per heavy atom. The first kappa shape index (κ1) is 16.5. The van der Waals surface area contributed by atoms with Gasteiger partial charge in [-0.1, -0.05) is 23.7 Å².